The molecular formula is C22H26N2O2. The highest BCUT2D eigenvalue weighted by Crippen LogP contribution is 2.38. The molecule has 0 N–H and O–H groups in total. The molecule has 1 heterocycles. The van der Waals surface area contributed by atoms with Crippen LogP contribution in [0.5, 0.6) is 11.5 Å². The van der Waals surface area contributed by atoms with E-state index in [2.05, 4.69) is 50.5 Å². The lowest BCUT2D eigenvalue weighted by atomic mass is 10.0. The molecule has 0 fully saturated rings. The number of methoxy groups -OCH3 is 2. The summed E-state index contributed by atoms with van der Waals surface area (Å²) >= 11 is 0. The van der Waals surface area contributed by atoms with Gasteiger partial charge in [-0.05, 0) is 45.9 Å². The maximum Gasteiger partial charge on any atom is 0.161 e. The summed E-state index contributed by atoms with van der Waals surface area (Å²) in [5.41, 5.74) is 4.12. The van der Waals surface area contributed by atoms with Crippen molar-refractivity contribution in [2.45, 2.75) is 33.2 Å². The van der Waals surface area contributed by atoms with E-state index in [9.17, 15) is 0 Å². The molecule has 26 heavy (non-hydrogen) atoms. The van der Waals surface area contributed by atoms with Crippen molar-refractivity contribution < 1.29 is 9.47 Å². The Hall–Kier alpha value is -2.75. The second-order valence-corrected chi connectivity index (χ2v) is 7.31. The average Bonchev–Trinajstić information content (AvgIpc) is 2.99. The van der Waals surface area contributed by atoms with E-state index in [0.717, 1.165) is 34.1 Å². The minimum atomic E-state index is -0.130. The number of benzene rings is 2. The summed E-state index contributed by atoms with van der Waals surface area (Å²) in [5.74, 6) is 2.41. The van der Waals surface area contributed by atoms with Crippen LogP contribution in [0.3, 0.4) is 0 Å². The molecule has 1 aromatic heterocycles. The molecule has 4 heteroatoms. The van der Waals surface area contributed by atoms with Crippen LogP contribution in [0, 0.1) is 6.92 Å². The predicted octanol–water partition coefficient (Wildman–Crippen LogP) is 5.30. The van der Waals surface area contributed by atoms with E-state index in [1.54, 1.807) is 14.2 Å². The number of imidazole rings is 1. The minimum Gasteiger partial charge on any atom is -0.493 e. The molecule has 0 aliphatic heterocycles. The molecule has 3 rings (SSSR count). The number of hydrogen-bond acceptors (Lipinski definition) is 3. The first-order chi connectivity index (χ1) is 12.4. The standard InChI is InChI=1S/C22H26N2O2/c1-15-20(17-12-13-18(25-5)19(14-17)26-6)24(22(2,3)4)21(23-15)16-10-8-7-9-11-16/h7-14H,1-6H3. The van der Waals surface area contributed by atoms with Crippen LogP contribution >= 0.6 is 0 Å². The van der Waals surface area contributed by atoms with E-state index in [-0.39, 0.29) is 5.54 Å². The van der Waals surface area contributed by atoms with Gasteiger partial charge in [-0.1, -0.05) is 30.3 Å². The highest BCUT2D eigenvalue weighted by atomic mass is 16.5. The maximum absolute atomic E-state index is 5.50. The predicted molar refractivity (Wildman–Crippen MR) is 106 cm³/mol. The summed E-state index contributed by atoms with van der Waals surface area (Å²) in [6.45, 7) is 8.65. The molecule has 3 aromatic rings. The molecule has 0 aliphatic rings. The van der Waals surface area contributed by atoms with Crippen LogP contribution in [0.25, 0.3) is 22.6 Å². The third kappa shape index (κ3) is 3.19. The fraction of sp³-hybridized carbons (Fsp3) is 0.318. The Morgan fingerprint density at radius 1 is 0.846 bits per heavy atom. The Labute approximate surface area is 155 Å². The van der Waals surface area contributed by atoms with Gasteiger partial charge >= 0.3 is 0 Å². The van der Waals surface area contributed by atoms with E-state index < -0.39 is 0 Å². The summed E-state index contributed by atoms with van der Waals surface area (Å²) in [6.07, 6.45) is 0. The highest BCUT2D eigenvalue weighted by Gasteiger charge is 2.26. The molecule has 2 aromatic carbocycles. The molecule has 0 saturated carbocycles. The van der Waals surface area contributed by atoms with E-state index >= 15 is 0 Å². The van der Waals surface area contributed by atoms with Crippen LogP contribution < -0.4 is 9.47 Å². The zero-order valence-corrected chi connectivity index (χ0v) is 16.3. The minimum absolute atomic E-state index is 0.130. The van der Waals surface area contributed by atoms with Crippen molar-refractivity contribution in [3.05, 3.63) is 54.2 Å². The number of nitrogens with zero attached hydrogens (tertiary/aromatic N) is 2. The number of aryl methyl sites for hydroxylation is 1. The van der Waals surface area contributed by atoms with Gasteiger partial charge in [0.2, 0.25) is 0 Å². The molecule has 0 atom stereocenters. The third-order valence-corrected chi connectivity index (χ3v) is 4.41. The van der Waals surface area contributed by atoms with Gasteiger partial charge in [0.1, 0.15) is 5.82 Å². The fourth-order valence-corrected chi connectivity index (χ4v) is 3.29. The van der Waals surface area contributed by atoms with Crippen LogP contribution in [-0.2, 0) is 5.54 Å². The maximum atomic E-state index is 5.50. The summed E-state index contributed by atoms with van der Waals surface area (Å²) < 4.78 is 13.2. The summed E-state index contributed by atoms with van der Waals surface area (Å²) in [4.78, 5) is 4.91. The number of rotatable bonds is 4. The lowest BCUT2D eigenvalue weighted by molar-refractivity contribution is 0.355. The summed E-state index contributed by atoms with van der Waals surface area (Å²) in [6, 6.07) is 16.3. The first kappa shape index (κ1) is 18.1. The molecule has 0 bridgehead atoms. The monoisotopic (exact) mass is 350 g/mol. The number of hydrogen-bond donors (Lipinski definition) is 0. The van der Waals surface area contributed by atoms with E-state index in [1.165, 1.54) is 0 Å². The van der Waals surface area contributed by atoms with Crippen molar-refractivity contribution in [1.82, 2.24) is 9.55 Å². The first-order valence-electron chi connectivity index (χ1n) is 8.74. The van der Waals surface area contributed by atoms with Crippen molar-refractivity contribution in [2.75, 3.05) is 14.2 Å². The topological polar surface area (TPSA) is 36.3 Å². The number of ether oxygens (including phenoxy) is 2. The van der Waals surface area contributed by atoms with E-state index in [4.69, 9.17) is 14.5 Å². The zero-order valence-electron chi connectivity index (χ0n) is 16.3. The zero-order chi connectivity index (χ0) is 18.9. The lowest BCUT2D eigenvalue weighted by Crippen LogP contribution is -2.23. The highest BCUT2D eigenvalue weighted by molar-refractivity contribution is 5.71. The third-order valence-electron chi connectivity index (χ3n) is 4.41. The van der Waals surface area contributed by atoms with Gasteiger partial charge in [0.15, 0.2) is 11.5 Å². The Bertz CT molecular complexity index is 906. The van der Waals surface area contributed by atoms with Crippen LogP contribution in [0.2, 0.25) is 0 Å². The van der Waals surface area contributed by atoms with Crippen molar-refractivity contribution in [3.63, 3.8) is 0 Å². The van der Waals surface area contributed by atoms with Gasteiger partial charge in [-0.3, -0.25) is 0 Å². The van der Waals surface area contributed by atoms with Crippen molar-refractivity contribution in [3.8, 4) is 34.1 Å². The molecule has 0 radical (unpaired) electrons. The van der Waals surface area contributed by atoms with Gasteiger partial charge in [-0.15, -0.1) is 0 Å². The second kappa shape index (κ2) is 6.87. The van der Waals surface area contributed by atoms with Gasteiger partial charge in [0.05, 0.1) is 25.6 Å². The quantitative estimate of drug-likeness (QED) is 0.641. The van der Waals surface area contributed by atoms with Crippen molar-refractivity contribution in [2.24, 2.45) is 0 Å². The Balaban J connectivity index is 2.27. The van der Waals surface area contributed by atoms with E-state index in [0.29, 0.717) is 5.75 Å². The molecular weight excluding hydrogens is 324 g/mol. The fourth-order valence-electron chi connectivity index (χ4n) is 3.29. The summed E-state index contributed by atoms with van der Waals surface area (Å²) in [5, 5.41) is 0. The van der Waals surface area contributed by atoms with Gasteiger partial charge < -0.3 is 14.0 Å². The lowest BCUT2D eigenvalue weighted by Gasteiger charge is -2.27. The van der Waals surface area contributed by atoms with Gasteiger partial charge in [-0.25, -0.2) is 4.98 Å². The van der Waals surface area contributed by atoms with Crippen LogP contribution in [-0.4, -0.2) is 23.8 Å². The van der Waals surface area contributed by atoms with Crippen LogP contribution in [0.4, 0.5) is 0 Å². The van der Waals surface area contributed by atoms with Crippen LogP contribution in [0.15, 0.2) is 48.5 Å². The molecule has 136 valence electrons. The first-order valence-corrected chi connectivity index (χ1v) is 8.74. The van der Waals surface area contributed by atoms with Crippen molar-refractivity contribution >= 4 is 0 Å². The van der Waals surface area contributed by atoms with Gasteiger partial charge in [0, 0.05) is 16.7 Å². The SMILES string of the molecule is COc1ccc(-c2c(C)nc(-c3ccccc3)n2C(C)(C)C)cc1OC. The van der Waals surface area contributed by atoms with Gasteiger partial charge in [0.25, 0.3) is 0 Å². The summed E-state index contributed by atoms with van der Waals surface area (Å²) in [7, 11) is 3.31. The molecule has 0 unspecified atom stereocenters. The largest absolute Gasteiger partial charge is 0.493 e. The van der Waals surface area contributed by atoms with Crippen LogP contribution in [0.1, 0.15) is 26.5 Å². The Kier molecular flexibility index (Phi) is 4.77. The molecule has 0 aliphatic carbocycles. The second-order valence-electron chi connectivity index (χ2n) is 7.31. The number of aromatic nitrogens is 2. The normalized spacial score (nSPS) is 11.5. The van der Waals surface area contributed by atoms with E-state index in [1.807, 2.05) is 30.3 Å². The Morgan fingerprint density at radius 3 is 2.08 bits per heavy atom. The molecule has 0 spiro atoms. The molecule has 0 saturated heterocycles. The van der Waals surface area contributed by atoms with Gasteiger partial charge in [-0.2, -0.15) is 0 Å². The van der Waals surface area contributed by atoms with Crippen molar-refractivity contribution in [1.29, 1.82) is 0 Å². The Morgan fingerprint density at radius 2 is 1.50 bits per heavy atom. The molecule has 4 nitrogen and oxygen atoms in total. The average molecular weight is 350 g/mol. The smallest absolute Gasteiger partial charge is 0.161 e. The molecule has 0 amide bonds.